The Morgan fingerprint density at radius 1 is 1.29 bits per heavy atom. The second kappa shape index (κ2) is 6.03. The Morgan fingerprint density at radius 3 is 2.29 bits per heavy atom. The highest BCUT2D eigenvalue weighted by atomic mass is 16.4. The molecule has 1 unspecified atom stereocenters. The van der Waals surface area contributed by atoms with Gasteiger partial charge in [0, 0.05) is 11.5 Å². The van der Waals surface area contributed by atoms with Crippen molar-refractivity contribution in [3.05, 3.63) is 0 Å². The second-order valence-electron chi connectivity index (χ2n) is 5.02. The third-order valence-corrected chi connectivity index (χ3v) is 3.97. The Bertz CT molecular complexity index is 282. The summed E-state index contributed by atoms with van der Waals surface area (Å²) in [6, 6.07) is -0.232. The standard InChI is InChI=1S/C13H23NO3/c1-3-10(9-11(15)16)14-12(17)13(4-2)7-5-6-8-13/h10H,3-9H2,1-2H3,(H,14,17)(H,15,16). The SMILES string of the molecule is CCC(CC(=O)O)NC(=O)C1(CC)CCCC1. The van der Waals surface area contributed by atoms with Crippen molar-refractivity contribution < 1.29 is 14.7 Å². The quantitative estimate of drug-likeness (QED) is 0.750. The molecule has 1 rings (SSSR count). The molecule has 1 aliphatic carbocycles. The van der Waals surface area contributed by atoms with Crippen molar-refractivity contribution >= 4 is 11.9 Å². The van der Waals surface area contributed by atoms with Gasteiger partial charge in [-0.15, -0.1) is 0 Å². The van der Waals surface area contributed by atoms with Gasteiger partial charge in [-0.25, -0.2) is 0 Å². The Morgan fingerprint density at radius 2 is 1.88 bits per heavy atom. The topological polar surface area (TPSA) is 66.4 Å². The van der Waals surface area contributed by atoms with E-state index in [1.54, 1.807) is 0 Å². The molecule has 98 valence electrons. The monoisotopic (exact) mass is 241 g/mol. The number of carboxylic acid groups (broad SMARTS) is 1. The van der Waals surface area contributed by atoms with Gasteiger partial charge in [0.1, 0.15) is 0 Å². The van der Waals surface area contributed by atoms with E-state index >= 15 is 0 Å². The Balaban J connectivity index is 2.59. The molecule has 0 heterocycles. The van der Waals surface area contributed by atoms with E-state index in [9.17, 15) is 9.59 Å². The summed E-state index contributed by atoms with van der Waals surface area (Å²) in [5.74, 6) is -0.792. The van der Waals surface area contributed by atoms with Crippen molar-refractivity contribution in [2.24, 2.45) is 5.41 Å². The number of aliphatic carboxylic acids is 1. The number of carboxylic acids is 1. The minimum atomic E-state index is -0.853. The first kappa shape index (κ1) is 14.0. The number of amides is 1. The van der Waals surface area contributed by atoms with Crippen LogP contribution in [-0.2, 0) is 9.59 Å². The van der Waals surface area contributed by atoms with Crippen LogP contribution in [0.2, 0.25) is 0 Å². The Kier molecular flexibility index (Phi) is 4.97. The molecule has 0 saturated heterocycles. The lowest BCUT2D eigenvalue weighted by Crippen LogP contribution is -2.44. The highest BCUT2D eigenvalue weighted by molar-refractivity contribution is 5.83. The van der Waals surface area contributed by atoms with E-state index in [0.29, 0.717) is 6.42 Å². The molecule has 17 heavy (non-hydrogen) atoms. The van der Waals surface area contributed by atoms with E-state index in [4.69, 9.17) is 5.11 Å². The van der Waals surface area contributed by atoms with Crippen LogP contribution in [0.25, 0.3) is 0 Å². The van der Waals surface area contributed by atoms with Gasteiger partial charge in [-0.2, -0.15) is 0 Å². The molecule has 0 aromatic carbocycles. The lowest BCUT2D eigenvalue weighted by molar-refractivity contribution is -0.138. The van der Waals surface area contributed by atoms with Crippen molar-refractivity contribution in [2.45, 2.75) is 64.8 Å². The molecule has 4 nitrogen and oxygen atoms in total. The van der Waals surface area contributed by atoms with Gasteiger partial charge >= 0.3 is 5.97 Å². The summed E-state index contributed by atoms with van der Waals surface area (Å²) in [6.07, 6.45) is 5.63. The molecule has 0 aliphatic heterocycles. The van der Waals surface area contributed by atoms with Crippen LogP contribution in [0.5, 0.6) is 0 Å². The zero-order valence-corrected chi connectivity index (χ0v) is 10.8. The van der Waals surface area contributed by atoms with Crippen LogP contribution in [0.4, 0.5) is 0 Å². The molecule has 0 spiro atoms. The summed E-state index contributed by atoms with van der Waals surface area (Å²) in [6.45, 7) is 3.95. The molecule has 0 radical (unpaired) electrons. The van der Waals surface area contributed by atoms with Crippen LogP contribution in [0, 0.1) is 5.41 Å². The van der Waals surface area contributed by atoms with E-state index < -0.39 is 5.97 Å². The third kappa shape index (κ3) is 3.45. The first-order valence-corrected chi connectivity index (χ1v) is 6.57. The van der Waals surface area contributed by atoms with E-state index in [0.717, 1.165) is 32.1 Å². The molecule has 1 saturated carbocycles. The summed E-state index contributed by atoms with van der Waals surface area (Å²) in [7, 11) is 0. The van der Waals surface area contributed by atoms with Crippen LogP contribution in [0.15, 0.2) is 0 Å². The number of carbonyl (C=O) groups is 2. The predicted molar refractivity (Wildman–Crippen MR) is 65.7 cm³/mol. The van der Waals surface area contributed by atoms with Crippen molar-refractivity contribution in [1.29, 1.82) is 0 Å². The van der Waals surface area contributed by atoms with Gasteiger partial charge in [0.15, 0.2) is 0 Å². The van der Waals surface area contributed by atoms with Gasteiger partial charge in [-0.1, -0.05) is 26.7 Å². The normalized spacial score (nSPS) is 19.9. The summed E-state index contributed by atoms with van der Waals surface area (Å²) in [4.78, 5) is 22.9. The lowest BCUT2D eigenvalue weighted by Gasteiger charge is -2.28. The maximum absolute atomic E-state index is 12.2. The van der Waals surface area contributed by atoms with Crippen LogP contribution in [0.1, 0.15) is 58.8 Å². The number of hydrogen-bond acceptors (Lipinski definition) is 2. The molecule has 4 heteroatoms. The Hall–Kier alpha value is -1.06. The molecule has 1 amide bonds. The Labute approximate surface area is 103 Å². The number of hydrogen-bond donors (Lipinski definition) is 2. The summed E-state index contributed by atoms with van der Waals surface area (Å²) < 4.78 is 0. The van der Waals surface area contributed by atoms with E-state index in [1.807, 2.05) is 13.8 Å². The highest BCUT2D eigenvalue weighted by Gasteiger charge is 2.39. The van der Waals surface area contributed by atoms with E-state index in [1.165, 1.54) is 0 Å². The van der Waals surface area contributed by atoms with Crippen LogP contribution in [-0.4, -0.2) is 23.0 Å². The van der Waals surface area contributed by atoms with E-state index in [-0.39, 0.29) is 23.8 Å². The fraction of sp³-hybridized carbons (Fsp3) is 0.846. The first-order valence-electron chi connectivity index (χ1n) is 6.57. The minimum Gasteiger partial charge on any atom is -0.481 e. The second-order valence-corrected chi connectivity index (χ2v) is 5.02. The molecule has 1 aliphatic rings. The number of carbonyl (C=O) groups excluding carboxylic acids is 1. The number of nitrogens with one attached hydrogen (secondary N) is 1. The predicted octanol–water partition coefficient (Wildman–Crippen LogP) is 2.33. The van der Waals surface area contributed by atoms with E-state index in [2.05, 4.69) is 5.32 Å². The maximum atomic E-state index is 12.2. The molecule has 0 bridgehead atoms. The summed E-state index contributed by atoms with van der Waals surface area (Å²) >= 11 is 0. The third-order valence-electron chi connectivity index (χ3n) is 3.97. The van der Waals surface area contributed by atoms with Gasteiger partial charge in [0.2, 0.25) is 5.91 Å². The average molecular weight is 241 g/mol. The molecular formula is C13H23NO3. The molecule has 0 aromatic rings. The van der Waals surface area contributed by atoms with Crippen molar-refractivity contribution in [1.82, 2.24) is 5.32 Å². The van der Waals surface area contributed by atoms with Gasteiger partial charge < -0.3 is 10.4 Å². The zero-order chi connectivity index (χ0) is 12.9. The molecule has 0 aromatic heterocycles. The van der Waals surface area contributed by atoms with Gasteiger partial charge in [-0.05, 0) is 25.7 Å². The number of rotatable bonds is 6. The van der Waals surface area contributed by atoms with Crippen LogP contribution in [0.3, 0.4) is 0 Å². The fourth-order valence-corrected chi connectivity index (χ4v) is 2.64. The van der Waals surface area contributed by atoms with Gasteiger partial charge in [0.05, 0.1) is 6.42 Å². The zero-order valence-electron chi connectivity index (χ0n) is 10.8. The van der Waals surface area contributed by atoms with Gasteiger partial charge in [0.25, 0.3) is 0 Å². The lowest BCUT2D eigenvalue weighted by atomic mass is 9.82. The maximum Gasteiger partial charge on any atom is 0.305 e. The summed E-state index contributed by atoms with van der Waals surface area (Å²) in [5.41, 5.74) is -0.230. The van der Waals surface area contributed by atoms with Crippen molar-refractivity contribution in [3.8, 4) is 0 Å². The van der Waals surface area contributed by atoms with Crippen LogP contribution < -0.4 is 5.32 Å². The molecule has 1 fully saturated rings. The average Bonchev–Trinajstić information content (AvgIpc) is 2.77. The van der Waals surface area contributed by atoms with Crippen molar-refractivity contribution in [2.75, 3.05) is 0 Å². The highest BCUT2D eigenvalue weighted by Crippen LogP contribution is 2.41. The molecule has 1 atom stereocenters. The van der Waals surface area contributed by atoms with Gasteiger partial charge in [-0.3, -0.25) is 9.59 Å². The smallest absolute Gasteiger partial charge is 0.305 e. The molecular weight excluding hydrogens is 218 g/mol. The fourth-order valence-electron chi connectivity index (χ4n) is 2.64. The van der Waals surface area contributed by atoms with Crippen LogP contribution >= 0.6 is 0 Å². The van der Waals surface area contributed by atoms with Crippen molar-refractivity contribution in [3.63, 3.8) is 0 Å². The molecule has 2 N–H and O–H groups in total. The first-order chi connectivity index (χ1) is 8.04. The minimum absolute atomic E-state index is 0.0159. The summed E-state index contributed by atoms with van der Waals surface area (Å²) in [5, 5.41) is 11.7. The largest absolute Gasteiger partial charge is 0.481 e.